The van der Waals surface area contributed by atoms with Crippen LogP contribution in [0, 0.1) is 0 Å². The highest BCUT2D eigenvalue weighted by Crippen LogP contribution is 2.34. The molecule has 2 aromatic heterocycles. The standard InChI is InChI=1S/C12H15N3OS/c1-15-9(7-13-14-15)12(16)11-6-8-4-2-3-5-10(8)17-11/h6-7,12,16H,2-5H2,1H3. The maximum atomic E-state index is 10.3. The third-order valence-corrected chi connectivity index (χ3v) is 4.60. The van der Waals surface area contributed by atoms with E-state index in [1.807, 2.05) is 0 Å². The molecule has 90 valence electrons. The third kappa shape index (κ3) is 1.89. The number of hydrogen-bond donors (Lipinski definition) is 1. The molecule has 5 heteroatoms. The molecule has 0 bridgehead atoms. The van der Waals surface area contributed by atoms with Crippen LogP contribution in [0.4, 0.5) is 0 Å². The molecular weight excluding hydrogens is 234 g/mol. The van der Waals surface area contributed by atoms with Gasteiger partial charge in [-0.25, -0.2) is 4.68 Å². The van der Waals surface area contributed by atoms with Crippen molar-refractivity contribution < 1.29 is 5.11 Å². The van der Waals surface area contributed by atoms with Crippen molar-refractivity contribution >= 4 is 11.3 Å². The summed E-state index contributed by atoms with van der Waals surface area (Å²) in [6, 6.07) is 2.15. The molecule has 1 aliphatic carbocycles. The number of fused-ring (bicyclic) bond motifs is 1. The van der Waals surface area contributed by atoms with Gasteiger partial charge in [0, 0.05) is 16.8 Å². The number of thiophene rings is 1. The summed E-state index contributed by atoms with van der Waals surface area (Å²) < 4.78 is 1.63. The van der Waals surface area contributed by atoms with Crippen LogP contribution in [0.2, 0.25) is 0 Å². The highest BCUT2D eigenvalue weighted by molar-refractivity contribution is 7.12. The molecule has 0 saturated carbocycles. The Morgan fingerprint density at radius 3 is 2.94 bits per heavy atom. The van der Waals surface area contributed by atoms with E-state index >= 15 is 0 Å². The van der Waals surface area contributed by atoms with Gasteiger partial charge in [0.15, 0.2) is 0 Å². The van der Waals surface area contributed by atoms with E-state index in [2.05, 4.69) is 16.4 Å². The van der Waals surface area contributed by atoms with Gasteiger partial charge >= 0.3 is 0 Å². The van der Waals surface area contributed by atoms with Crippen molar-refractivity contribution in [2.45, 2.75) is 31.8 Å². The first kappa shape index (κ1) is 10.9. The monoisotopic (exact) mass is 249 g/mol. The van der Waals surface area contributed by atoms with E-state index in [-0.39, 0.29) is 0 Å². The van der Waals surface area contributed by atoms with Gasteiger partial charge in [-0.05, 0) is 37.3 Å². The number of hydrogen-bond acceptors (Lipinski definition) is 4. The SMILES string of the molecule is Cn1nncc1C(O)c1cc2c(s1)CCCC2. The zero-order valence-electron chi connectivity index (χ0n) is 9.76. The van der Waals surface area contributed by atoms with Crippen LogP contribution in [-0.4, -0.2) is 20.1 Å². The lowest BCUT2D eigenvalue weighted by Crippen LogP contribution is -2.05. The molecule has 0 aromatic carbocycles. The highest BCUT2D eigenvalue weighted by Gasteiger charge is 2.20. The molecule has 1 atom stereocenters. The largest absolute Gasteiger partial charge is 0.381 e. The van der Waals surface area contributed by atoms with E-state index in [0.717, 1.165) is 23.4 Å². The average Bonchev–Trinajstić information content (AvgIpc) is 2.93. The van der Waals surface area contributed by atoms with Crippen molar-refractivity contribution in [1.82, 2.24) is 15.0 Å². The van der Waals surface area contributed by atoms with Crippen molar-refractivity contribution in [2.24, 2.45) is 7.05 Å². The number of aliphatic hydroxyl groups is 1. The number of aryl methyl sites for hydroxylation is 3. The molecule has 0 radical (unpaired) electrons. The minimum absolute atomic E-state index is 0.592. The lowest BCUT2D eigenvalue weighted by Gasteiger charge is -2.08. The predicted molar refractivity (Wildman–Crippen MR) is 66.0 cm³/mol. The minimum Gasteiger partial charge on any atom is -0.381 e. The molecule has 1 unspecified atom stereocenters. The van der Waals surface area contributed by atoms with Crippen molar-refractivity contribution in [2.75, 3.05) is 0 Å². The Hall–Kier alpha value is -1.20. The molecule has 1 aliphatic rings. The van der Waals surface area contributed by atoms with Gasteiger partial charge in [-0.15, -0.1) is 16.4 Å². The lowest BCUT2D eigenvalue weighted by molar-refractivity contribution is 0.213. The van der Waals surface area contributed by atoms with Gasteiger partial charge in [0.1, 0.15) is 6.10 Å². The van der Waals surface area contributed by atoms with Gasteiger partial charge in [-0.3, -0.25) is 0 Å². The smallest absolute Gasteiger partial charge is 0.131 e. The molecule has 0 aliphatic heterocycles. The summed E-state index contributed by atoms with van der Waals surface area (Å²) in [7, 11) is 1.80. The average molecular weight is 249 g/mol. The Balaban J connectivity index is 1.94. The van der Waals surface area contributed by atoms with E-state index in [1.54, 1.807) is 29.3 Å². The van der Waals surface area contributed by atoms with E-state index in [9.17, 15) is 5.11 Å². The number of aromatic nitrogens is 3. The van der Waals surface area contributed by atoms with Crippen LogP contribution in [0.3, 0.4) is 0 Å². The first-order chi connectivity index (χ1) is 8.25. The summed E-state index contributed by atoms with van der Waals surface area (Å²) in [5.74, 6) is 0. The quantitative estimate of drug-likeness (QED) is 0.883. The van der Waals surface area contributed by atoms with Crippen molar-refractivity contribution in [3.8, 4) is 0 Å². The van der Waals surface area contributed by atoms with Crippen molar-refractivity contribution in [3.05, 3.63) is 33.3 Å². The normalized spacial score (nSPS) is 16.8. The topological polar surface area (TPSA) is 50.9 Å². The summed E-state index contributed by atoms with van der Waals surface area (Å²) in [6.07, 6.45) is 5.90. The minimum atomic E-state index is -0.592. The van der Waals surface area contributed by atoms with E-state index < -0.39 is 6.10 Å². The van der Waals surface area contributed by atoms with E-state index in [4.69, 9.17) is 0 Å². The molecule has 1 N–H and O–H groups in total. The van der Waals surface area contributed by atoms with Crippen LogP contribution in [-0.2, 0) is 19.9 Å². The summed E-state index contributed by atoms with van der Waals surface area (Å²) in [5, 5.41) is 18.0. The Morgan fingerprint density at radius 2 is 2.24 bits per heavy atom. The Morgan fingerprint density at radius 1 is 1.41 bits per heavy atom. The van der Waals surface area contributed by atoms with Gasteiger partial charge in [0.2, 0.25) is 0 Å². The van der Waals surface area contributed by atoms with Crippen molar-refractivity contribution in [3.63, 3.8) is 0 Å². The van der Waals surface area contributed by atoms with Crippen LogP contribution in [0.5, 0.6) is 0 Å². The molecule has 17 heavy (non-hydrogen) atoms. The Kier molecular flexibility index (Phi) is 2.72. The molecule has 2 aromatic rings. The van der Waals surface area contributed by atoms with E-state index in [1.165, 1.54) is 23.3 Å². The summed E-state index contributed by atoms with van der Waals surface area (Å²) in [5.41, 5.74) is 2.18. The second-order valence-corrected chi connectivity index (χ2v) is 5.66. The zero-order chi connectivity index (χ0) is 11.8. The molecule has 3 rings (SSSR count). The molecule has 0 amide bonds. The Labute approximate surface area is 104 Å². The van der Waals surface area contributed by atoms with Gasteiger partial charge in [0.05, 0.1) is 11.9 Å². The molecule has 0 saturated heterocycles. The van der Waals surface area contributed by atoms with Crippen LogP contribution >= 0.6 is 11.3 Å². The van der Waals surface area contributed by atoms with Crippen LogP contribution in [0.25, 0.3) is 0 Å². The fraction of sp³-hybridized carbons (Fsp3) is 0.500. The fourth-order valence-electron chi connectivity index (χ4n) is 2.34. The van der Waals surface area contributed by atoms with Crippen LogP contribution in [0.1, 0.15) is 40.0 Å². The lowest BCUT2D eigenvalue weighted by atomic mass is 9.99. The van der Waals surface area contributed by atoms with Gasteiger partial charge < -0.3 is 5.11 Å². The predicted octanol–water partition coefficient (Wildman–Crippen LogP) is 1.84. The second-order valence-electron chi connectivity index (χ2n) is 4.49. The van der Waals surface area contributed by atoms with Crippen molar-refractivity contribution in [1.29, 1.82) is 0 Å². The summed E-state index contributed by atoms with van der Waals surface area (Å²) >= 11 is 1.73. The van der Waals surface area contributed by atoms with Gasteiger partial charge in [0.25, 0.3) is 0 Å². The molecule has 4 nitrogen and oxygen atoms in total. The Bertz CT molecular complexity index is 508. The molecular formula is C12H15N3OS. The maximum Gasteiger partial charge on any atom is 0.131 e. The van der Waals surface area contributed by atoms with Gasteiger partial charge in [-0.1, -0.05) is 5.21 Å². The highest BCUT2D eigenvalue weighted by atomic mass is 32.1. The fourth-order valence-corrected chi connectivity index (χ4v) is 3.60. The molecule has 0 spiro atoms. The summed E-state index contributed by atoms with van der Waals surface area (Å²) in [4.78, 5) is 2.46. The van der Waals surface area contributed by atoms with Gasteiger partial charge in [-0.2, -0.15) is 0 Å². The first-order valence-electron chi connectivity index (χ1n) is 5.90. The zero-order valence-corrected chi connectivity index (χ0v) is 10.6. The second kappa shape index (κ2) is 4.23. The van der Waals surface area contributed by atoms with Crippen LogP contribution in [0.15, 0.2) is 12.3 Å². The summed E-state index contributed by atoms with van der Waals surface area (Å²) in [6.45, 7) is 0. The maximum absolute atomic E-state index is 10.3. The molecule has 0 fully saturated rings. The number of rotatable bonds is 2. The van der Waals surface area contributed by atoms with Crippen LogP contribution < -0.4 is 0 Å². The number of aliphatic hydroxyl groups excluding tert-OH is 1. The third-order valence-electron chi connectivity index (χ3n) is 3.31. The molecule has 2 heterocycles. The first-order valence-corrected chi connectivity index (χ1v) is 6.71. The number of nitrogens with zero attached hydrogens (tertiary/aromatic N) is 3. The van der Waals surface area contributed by atoms with E-state index in [0.29, 0.717) is 0 Å².